The fraction of sp³-hybridized carbons (Fsp3) is 0.475. The highest BCUT2D eigenvalue weighted by Crippen LogP contribution is 2.37. The zero-order valence-corrected chi connectivity index (χ0v) is 30.5. The van der Waals surface area contributed by atoms with Gasteiger partial charge in [-0.05, 0) is 99.3 Å². The Labute approximate surface area is 313 Å². The molecule has 1 atom stereocenters. The van der Waals surface area contributed by atoms with Crippen molar-refractivity contribution in [3.63, 3.8) is 0 Å². The van der Waals surface area contributed by atoms with E-state index in [9.17, 15) is 23.2 Å². The Morgan fingerprint density at radius 1 is 0.944 bits per heavy atom. The summed E-state index contributed by atoms with van der Waals surface area (Å²) in [6.45, 7) is 6.50. The van der Waals surface area contributed by atoms with Crippen molar-refractivity contribution in [3.05, 3.63) is 94.8 Å². The van der Waals surface area contributed by atoms with Gasteiger partial charge in [0.05, 0.1) is 18.8 Å². The van der Waals surface area contributed by atoms with Crippen LogP contribution < -0.4 is 15.5 Å². The van der Waals surface area contributed by atoms with Gasteiger partial charge in [-0.15, -0.1) is 0 Å². The van der Waals surface area contributed by atoms with Gasteiger partial charge in [-0.3, -0.25) is 14.9 Å². The second kappa shape index (κ2) is 17.5. The number of likely N-dealkylation sites (tertiary alicyclic amines) is 1. The lowest BCUT2D eigenvalue weighted by molar-refractivity contribution is -0.121. The molecule has 4 aromatic rings. The van der Waals surface area contributed by atoms with Crippen LogP contribution in [0, 0.1) is 11.6 Å². The third kappa shape index (κ3) is 9.04. The highest BCUT2D eigenvalue weighted by atomic mass is 19.1. The molecule has 54 heavy (non-hydrogen) atoms. The van der Waals surface area contributed by atoms with Crippen molar-refractivity contribution < 1.29 is 27.9 Å². The summed E-state index contributed by atoms with van der Waals surface area (Å²) in [6.07, 6.45) is 9.96. The minimum atomic E-state index is -0.474. The number of hydrogen-bond acceptors (Lipinski definition) is 8. The lowest BCUT2D eigenvalue weighted by Crippen LogP contribution is -2.48. The number of ether oxygens (including phenoxy) is 1. The highest BCUT2D eigenvalue weighted by Gasteiger charge is 2.30. The van der Waals surface area contributed by atoms with Crippen LogP contribution in [-0.4, -0.2) is 94.7 Å². The summed E-state index contributed by atoms with van der Waals surface area (Å²) in [4.78, 5) is 47.3. The SMILES string of the molecule is O=C1CCN(Cc2ccc(C3CCN(CCOCCCCCNC(=O)c4cnn5ccc(N6CCC[C@@H]6c6cc(F)ccc6F)nc45)CC3)cc2)C(=O)N1. The number of benzene rings is 2. The van der Waals surface area contributed by atoms with Gasteiger partial charge in [0.25, 0.3) is 5.91 Å². The van der Waals surface area contributed by atoms with E-state index in [1.54, 1.807) is 21.7 Å². The van der Waals surface area contributed by atoms with Crippen LogP contribution in [0.25, 0.3) is 5.65 Å². The topological polar surface area (TPSA) is 124 Å². The molecule has 2 aromatic heterocycles. The van der Waals surface area contributed by atoms with E-state index in [1.807, 2.05) is 4.90 Å². The third-order valence-electron chi connectivity index (χ3n) is 10.8. The molecule has 2 N–H and O–H groups in total. The zero-order chi connectivity index (χ0) is 37.4. The van der Waals surface area contributed by atoms with Gasteiger partial charge in [-0.25, -0.2) is 23.1 Å². The van der Waals surface area contributed by atoms with Crippen LogP contribution in [0.2, 0.25) is 0 Å². The number of unbranched alkanes of at least 4 members (excludes halogenated alkanes) is 2. The number of nitrogens with one attached hydrogen (secondary N) is 2. The van der Waals surface area contributed by atoms with E-state index in [4.69, 9.17) is 9.72 Å². The number of fused-ring (bicyclic) bond motifs is 1. The normalized spacial score (nSPS) is 18.4. The molecule has 0 spiro atoms. The van der Waals surface area contributed by atoms with Gasteiger partial charge in [0.1, 0.15) is 23.0 Å². The van der Waals surface area contributed by atoms with E-state index in [0.29, 0.717) is 80.7 Å². The monoisotopic (exact) mass is 742 g/mol. The van der Waals surface area contributed by atoms with E-state index >= 15 is 0 Å². The van der Waals surface area contributed by atoms with Crippen LogP contribution >= 0.6 is 0 Å². The quantitative estimate of drug-likeness (QED) is 0.151. The van der Waals surface area contributed by atoms with Crippen molar-refractivity contribution in [3.8, 4) is 0 Å². The summed E-state index contributed by atoms with van der Waals surface area (Å²) >= 11 is 0. The number of anilines is 1. The molecule has 0 radical (unpaired) electrons. The summed E-state index contributed by atoms with van der Waals surface area (Å²) in [5, 5.41) is 9.66. The van der Waals surface area contributed by atoms with Gasteiger partial charge >= 0.3 is 6.03 Å². The van der Waals surface area contributed by atoms with Gasteiger partial charge in [-0.1, -0.05) is 24.3 Å². The lowest BCUT2D eigenvalue weighted by atomic mass is 9.89. The Hall–Kier alpha value is -4.95. The van der Waals surface area contributed by atoms with Crippen LogP contribution in [0.15, 0.2) is 60.9 Å². The molecular weight excluding hydrogens is 694 g/mol. The van der Waals surface area contributed by atoms with Crippen molar-refractivity contribution >= 4 is 29.3 Å². The summed E-state index contributed by atoms with van der Waals surface area (Å²) < 4.78 is 36.1. The molecule has 3 fully saturated rings. The number of hydrogen-bond donors (Lipinski definition) is 2. The number of rotatable bonds is 15. The molecule has 5 heterocycles. The number of amides is 4. The number of urea groups is 1. The predicted octanol–water partition coefficient (Wildman–Crippen LogP) is 5.59. The predicted molar refractivity (Wildman–Crippen MR) is 199 cm³/mol. The van der Waals surface area contributed by atoms with Crippen LogP contribution in [0.5, 0.6) is 0 Å². The van der Waals surface area contributed by atoms with E-state index in [1.165, 1.54) is 17.8 Å². The van der Waals surface area contributed by atoms with Gasteiger partial charge in [-0.2, -0.15) is 5.10 Å². The lowest BCUT2D eigenvalue weighted by Gasteiger charge is -2.32. The molecule has 0 saturated carbocycles. The van der Waals surface area contributed by atoms with E-state index < -0.39 is 11.6 Å². The average Bonchev–Trinajstić information content (AvgIpc) is 3.84. The molecule has 0 unspecified atom stereocenters. The van der Waals surface area contributed by atoms with Crippen LogP contribution in [0.3, 0.4) is 0 Å². The summed E-state index contributed by atoms with van der Waals surface area (Å²) in [6, 6.07) is 13.2. The molecule has 3 aliphatic heterocycles. The Morgan fingerprint density at radius 2 is 1.78 bits per heavy atom. The third-order valence-corrected chi connectivity index (χ3v) is 10.8. The van der Waals surface area contributed by atoms with Crippen molar-refractivity contribution in [2.24, 2.45) is 0 Å². The number of nitrogens with zero attached hydrogens (tertiary/aromatic N) is 6. The smallest absolute Gasteiger partial charge is 0.324 e. The van der Waals surface area contributed by atoms with Crippen LogP contribution in [-0.2, 0) is 16.1 Å². The maximum absolute atomic E-state index is 14.6. The zero-order valence-electron chi connectivity index (χ0n) is 30.5. The Balaban J connectivity index is 0.768. The van der Waals surface area contributed by atoms with Gasteiger partial charge in [0.15, 0.2) is 5.65 Å². The fourth-order valence-electron chi connectivity index (χ4n) is 7.77. The van der Waals surface area contributed by atoms with Crippen molar-refractivity contribution in [2.75, 3.05) is 57.4 Å². The molecule has 0 aliphatic carbocycles. The van der Waals surface area contributed by atoms with Gasteiger partial charge in [0.2, 0.25) is 5.91 Å². The first-order valence-electron chi connectivity index (χ1n) is 19.1. The second-order valence-electron chi connectivity index (χ2n) is 14.4. The van der Waals surface area contributed by atoms with Gasteiger partial charge in [0, 0.05) is 57.5 Å². The number of imide groups is 1. The Morgan fingerprint density at radius 3 is 2.59 bits per heavy atom. The van der Waals surface area contributed by atoms with Crippen LogP contribution in [0.4, 0.5) is 19.4 Å². The number of piperidine rings is 1. The maximum Gasteiger partial charge on any atom is 0.324 e. The highest BCUT2D eigenvalue weighted by molar-refractivity contribution is 5.99. The van der Waals surface area contributed by atoms with Crippen molar-refractivity contribution in [2.45, 2.75) is 69.9 Å². The first kappa shape index (κ1) is 37.4. The van der Waals surface area contributed by atoms with Crippen LogP contribution in [0.1, 0.15) is 90.4 Å². The number of halogens is 2. The number of carbonyl (C=O) groups is 3. The largest absolute Gasteiger partial charge is 0.380 e. The summed E-state index contributed by atoms with van der Waals surface area (Å²) in [5.74, 6) is -0.254. The minimum absolute atomic E-state index is 0.212. The first-order chi connectivity index (χ1) is 26.3. The Bertz CT molecular complexity index is 1930. The standard InChI is InChI=1S/C40H48F2N8O4/c41-31-10-11-34(42)32(25-31)35-5-4-17-49(35)36-14-21-50-38(45-36)33(26-44-50)39(52)43-16-2-1-3-23-54-24-22-47-18-12-30(13-19-47)29-8-6-28(7-9-29)27-48-20-15-37(51)46-40(48)53/h6-11,14,21,25-26,30,35H,1-5,12-13,15-20,22-24,27H2,(H,43,52)(H,46,51,53)/t35-/m1/s1. The van der Waals surface area contributed by atoms with Crippen molar-refractivity contribution in [1.29, 1.82) is 0 Å². The summed E-state index contributed by atoms with van der Waals surface area (Å²) in [5.41, 5.74) is 3.50. The number of aromatic nitrogens is 3. The molecule has 0 bridgehead atoms. The van der Waals surface area contributed by atoms with E-state index in [-0.39, 0.29) is 23.9 Å². The Kier molecular flexibility index (Phi) is 12.1. The molecule has 12 nitrogen and oxygen atoms in total. The second-order valence-corrected chi connectivity index (χ2v) is 14.4. The van der Waals surface area contributed by atoms with Gasteiger partial charge < -0.3 is 24.8 Å². The molecule has 14 heteroatoms. The fourth-order valence-corrected chi connectivity index (χ4v) is 7.77. The molecule has 7 rings (SSSR count). The van der Waals surface area contributed by atoms with Crippen molar-refractivity contribution in [1.82, 2.24) is 35.0 Å². The first-order valence-corrected chi connectivity index (χ1v) is 19.1. The molecule has 4 amide bonds. The van der Waals surface area contributed by atoms with E-state index in [0.717, 1.165) is 75.9 Å². The minimum Gasteiger partial charge on any atom is -0.380 e. The average molecular weight is 743 g/mol. The summed E-state index contributed by atoms with van der Waals surface area (Å²) in [7, 11) is 0. The van der Waals surface area contributed by atoms with E-state index in [2.05, 4.69) is 44.9 Å². The molecule has 2 aromatic carbocycles. The maximum atomic E-state index is 14.6. The number of carbonyl (C=O) groups excluding carboxylic acids is 3. The molecule has 3 saturated heterocycles. The molecule has 3 aliphatic rings. The molecular formula is C40H48F2N8O4. The molecule has 286 valence electrons.